The van der Waals surface area contributed by atoms with E-state index < -0.39 is 20.2 Å². The fourth-order valence-electron chi connectivity index (χ4n) is 8.65. The molecule has 0 N–H and O–H groups in total. The Balaban J connectivity index is 1.29. The number of para-hydroxylation sites is 2. The summed E-state index contributed by atoms with van der Waals surface area (Å²) in [5.41, 5.74) is 10.7. The van der Waals surface area contributed by atoms with Crippen LogP contribution in [0.15, 0.2) is 109 Å². The molecule has 0 spiro atoms. The van der Waals surface area contributed by atoms with E-state index in [-0.39, 0.29) is 16.2 Å². The SMILES string of the molecule is CC(C)(C)c1ccc(N2c3ccc(C(C)(C)C)c4[c]3[Sb]3[c]5c(cc(-n6c7ccccc7c7ccccc76)cc5Oc5c(C(C)(C)C)ccc2[c]53)O4)cc1. The number of nitrogens with zero attached hydrogens (tertiary/aromatic N) is 2. The first-order valence-corrected chi connectivity index (χ1v) is 22.6. The van der Waals surface area contributed by atoms with Gasteiger partial charge in [-0.3, -0.25) is 0 Å². The van der Waals surface area contributed by atoms with Gasteiger partial charge in [0.1, 0.15) is 0 Å². The molecule has 1 aromatic heterocycles. The third-order valence-corrected chi connectivity index (χ3v) is 18.8. The molecular formula is C48H45N2O2Sb. The first-order valence-electron chi connectivity index (χ1n) is 18.8. The van der Waals surface area contributed by atoms with E-state index in [1.165, 1.54) is 60.4 Å². The summed E-state index contributed by atoms with van der Waals surface area (Å²) in [6, 6.07) is 40.6. The van der Waals surface area contributed by atoms with Crippen LogP contribution in [0.3, 0.4) is 0 Å². The summed E-state index contributed by atoms with van der Waals surface area (Å²) in [6.07, 6.45) is 0. The monoisotopic (exact) mass is 802 g/mol. The minimum absolute atomic E-state index is 0.0710. The van der Waals surface area contributed by atoms with Crippen molar-refractivity contribution in [3.05, 3.63) is 126 Å². The predicted octanol–water partition coefficient (Wildman–Crippen LogP) is 11.2. The van der Waals surface area contributed by atoms with E-state index in [4.69, 9.17) is 9.47 Å². The van der Waals surface area contributed by atoms with Crippen molar-refractivity contribution in [1.29, 1.82) is 0 Å². The van der Waals surface area contributed by atoms with Gasteiger partial charge in [0.05, 0.1) is 0 Å². The van der Waals surface area contributed by atoms with Crippen LogP contribution in [-0.2, 0) is 16.2 Å². The van der Waals surface area contributed by atoms with E-state index >= 15 is 0 Å². The van der Waals surface area contributed by atoms with Crippen LogP contribution in [0.25, 0.3) is 27.5 Å². The Bertz CT molecular complexity index is 2530. The van der Waals surface area contributed by atoms with Crippen LogP contribution in [0.2, 0.25) is 0 Å². The van der Waals surface area contributed by atoms with Gasteiger partial charge in [-0.2, -0.15) is 0 Å². The fraction of sp³-hybridized carbons (Fsp3) is 0.250. The van der Waals surface area contributed by atoms with Gasteiger partial charge in [0.2, 0.25) is 0 Å². The van der Waals surface area contributed by atoms with Crippen molar-refractivity contribution in [2.75, 3.05) is 4.90 Å². The third kappa shape index (κ3) is 4.74. The molecule has 0 radical (unpaired) electrons. The number of anilines is 3. The molecule has 0 aliphatic carbocycles. The average molecular weight is 804 g/mol. The first kappa shape index (κ1) is 32.9. The molecule has 0 saturated heterocycles. The standard InChI is InChI=1S/C48H45N2O2.Sb/c1-46(2,3)31-18-20-32(21-19-31)49-33-22-24-40(47(4,5)6)44(28-33)51-36-26-35(50-42-16-12-10-14-38(42)39-15-11-13-17-43(39)50)27-37(30-36)52-45-29-34(49)23-25-41(45)48(7,8)9;/h10-27H,1-9H3;. The molecule has 0 atom stereocenters. The molecule has 0 saturated carbocycles. The van der Waals surface area contributed by atoms with Crippen LogP contribution in [0.5, 0.6) is 23.0 Å². The molecule has 0 amide bonds. The zero-order valence-corrected chi connectivity index (χ0v) is 34.6. The molecule has 264 valence electrons. The predicted molar refractivity (Wildman–Crippen MR) is 223 cm³/mol. The molecule has 0 bridgehead atoms. The first-order chi connectivity index (χ1) is 25.2. The van der Waals surface area contributed by atoms with Crippen molar-refractivity contribution in [3.8, 4) is 28.7 Å². The Morgan fingerprint density at radius 3 is 1.40 bits per heavy atom. The van der Waals surface area contributed by atoms with Gasteiger partial charge in [-0.05, 0) is 0 Å². The van der Waals surface area contributed by atoms with Crippen molar-refractivity contribution in [1.82, 2.24) is 4.57 Å². The van der Waals surface area contributed by atoms with E-state index in [9.17, 15) is 0 Å². The van der Waals surface area contributed by atoms with E-state index in [1.54, 1.807) is 0 Å². The molecule has 0 fully saturated rings. The van der Waals surface area contributed by atoms with Crippen LogP contribution >= 0.6 is 0 Å². The molecule has 4 nitrogen and oxygen atoms in total. The normalized spacial score (nSPS) is 14.7. The summed E-state index contributed by atoms with van der Waals surface area (Å²) >= 11 is -2.79. The van der Waals surface area contributed by atoms with Gasteiger partial charge < -0.3 is 0 Å². The summed E-state index contributed by atoms with van der Waals surface area (Å²) < 4.78 is 21.2. The van der Waals surface area contributed by atoms with Crippen LogP contribution in [0.4, 0.5) is 17.1 Å². The van der Waals surface area contributed by atoms with Gasteiger partial charge in [-0.25, -0.2) is 0 Å². The van der Waals surface area contributed by atoms with Gasteiger partial charge in [0.15, 0.2) is 0 Å². The number of hydrogen-bond acceptors (Lipinski definition) is 3. The maximum absolute atomic E-state index is 7.34. The Hall–Kier alpha value is -4.66. The summed E-state index contributed by atoms with van der Waals surface area (Å²) in [5, 5.41) is 2.48. The van der Waals surface area contributed by atoms with Gasteiger partial charge in [-0.15, -0.1) is 0 Å². The Kier molecular flexibility index (Phi) is 6.81. The van der Waals surface area contributed by atoms with Gasteiger partial charge in [-0.1, -0.05) is 0 Å². The summed E-state index contributed by atoms with van der Waals surface area (Å²) in [7, 11) is 0. The number of fused-ring (bicyclic) bond motifs is 3. The molecule has 0 unspecified atom stereocenters. The molecule has 3 aliphatic heterocycles. The van der Waals surface area contributed by atoms with E-state index in [1.807, 2.05) is 0 Å². The average Bonchev–Trinajstić information content (AvgIpc) is 3.44. The van der Waals surface area contributed by atoms with Crippen LogP contribution in [0.1, 0.15) is 79.0 Å². The fourth-order valence-corrected chi connectivity index (χ4v) is 16.9. The quantitative estimate of drug-likeness (QED) is 0.163. The molecule has 4 heterocycles. The van der Waals surface area contributed by atoms with E-state index in [0.717, 1.165) is 34.4 Å². The summed E-state index contributed by atoms with van der Waals surface area (Å²) in [4.78, 5) is 2.48. The zero-order valence-electron chi connectivity index (χ0n) is 32.1. The van der Waals surface area contributed by atoms with Gasteiger partial charge in [0, 0.05) is 0 Å². The topological polar surface area (TPSA) is 26.6 Å². The molecule has 53 heavy (non-hydrogen) atoms. The second-order valence-corrected chi connectivity index (χ2v) is 23.7. The molecule has 3 aliphatic rings. The van der Waals surface area contributed by atoms with Crippen LogP contribution in [0, 0.1) is 0 Å². The number of rotatable bonds is 2. The van der Waals surface area contributed by atoms with Crippen LogP contribution < -0.4 is 24.9 Å². The Morgan fingerprint density at radius 1 is 0.472 bits per heavy atom. The minimum atomic E-state index is -2.79. The number of benzene rings is 6. The van der Waals surface area contributed by atoms with Gasteiger partial charge in [0.25, 0.3) is 0 Å². The van der Waals surface area contributed by atoms with Crippen LogP contribution in [-0.4, -0.2) is 24.8 Å². The number of ether oxygens (including phenoxy) is 2. The number of hydrogen-bond donors (Lipinski definition) is 0. The van der Waals surface area contributed by atoms with E-state index in [0.29, 0.717) is 0 Å². The van der Waals surface area contributed by atoms with Gasteiger partial charge >= 0.3 is 322 Å². The van der Waals surface area contributed by atoms with Crippen molar-refractivity contribution >= 4 is 69.6 Å². The second kappa shape index (κ2) is 11.0. The summed E-state index contributed by atoms with van der Waals surface area (Å²) in [5.74, 6) is 3.98. The molecule has 6 aromatic carbocycles. The Labute approximate surface area is 319 Å². The molecule has 7 aromatic rings. The van der Waals surface area contributed by atoms with Crippen molar-refractivity contribution in [2.45, 2.75) is 78.6 Å². The number of aromatic nitrogens is 1. The molecule has 10 rings (SSSR count). The second-order valence-electron chi connectivity index (χ2n) is 18.0. The van der Waals surface area contributed by atoms with Crippen molar-refractivity contribution in [2.24, 2.45) is 0 Å². The summed E-state index contributed by atoms with van der Waals surface area (Å²) in [6.45, 7) is 20.7. The Morgan fingerprint density at radius 2 is 0.943 bits per heavy atom. The third-order valence-electron chi connectivity index (χ3n) is 11.3. The van der Waals surface area contributed by atoms with E-state index in [2.05, 4.69) is 181 Å². The maximum atomic E-state index is 7.34. The molecule has 5 heteroatoms. The zero-order chi connectivity index (χ0) is 36.8. The molecular weight excluding hydrogens is 758 g/mol. The van der Waals surface area contributed by atoms with Crippen molar-refractivity contribution in [3.63, 3.8) is 0 Å². The van der Waals surface area contributed by atoms with Crippen molar-refractivity contribution < 1.29 is 9.47 Å².